The molecule has 3 rings (SSSR count). The molecule has 1 amide bonds. The molecule has 0 saturated heterocycles. The lowest BCUT2D eigenvalue weighted by Gasteiger charge is -2.09. The van der Waals surface area contributed by atoms with Crippen molar-refractivity contribution in [3.8, 4) is 17.2 Å². The largest absolute Gasteiger partial charge is 0.322 e. The van der Waals surface area contributed by atoms with Crippen molar-refractivity contribution in [2.24, 2.45) is 0 Å². The van der Waals surface area contributed by atoms with E-state index in [1.807, 2.05) is 6.07 Å². The summed E-state index contributed by atoms with van der Waals surface area (Å²) in [5.74, 6) is -1.12. The van der Waals surface area contributed by atoms with Crippen LogP contribution in [0.1, 0.15) is 15.9 Å². The van der Waals surface area contributed by atoms with E-state index in [0.717, 1.165) is 12.3 Å². The van der Waals surface area contributed by atoms with Crippen molar-refractivity contribution < 1.29 is 17.6 Å². The molecule has 3 aromatic rings. The van der Waals surface area contributed by atoms with E-state index in [1.54, 1.807) is 30.3 Å². The summed E-state index contributed by atoms with van der Waals surface area (Å²) in [6, 6.07) is 18.2. The van der Waals surface area contributed by atoms with Gasteiger partial charge in [0.2, 0.25) is 0 Å². The number of benzene rings is 3. The Balaban J connectivity index is 1.90. The van der Waals surface area contributed by atoms with Crippen LogP contribution in [-0.4, -0.2) is 20.6 Å². The zero-order chi connectivity index (χ0) is 20.3. The molecule has 0 atom stereocenters. The number of hydrogen-bond acceptors (Lipinski definition) is 4. The quantitative estimate of drug-likeness (QED) is 0.724. The van der Waals surface area contributed by atoms with Gasteiger partial charge >= 0.3 is 0 Å². The van der Waals surface area contributed by atoms with Crippen LogP contribution in [0.4, 0.5) is 10.1 Å². The normalized spacial score (nSPS) is 10.9. The second-order valence-corrected chi connectivity index (χ2v) is 8.19. The number of carbonyl (C=O) groups is 1. The van der Waals surface area contributed by atoms with Gasteiger partial charge in [-0.2, -0.15) is 5.26 Å². The maximum Gasteiger partial charge on any atom is 0.255 e. The molecule has 140 valence electrons. The fraction of sp³-hybridized carbons (Fsp3) is 0.0476. The predicted octanol–water partition coefficient (Wildman–Crippen LogP) is 4.02. The van der Waals surface area contributed by atoms with Gasteiger partial charge in [-0.1, -0.05) is 18.2 Å². The first-order valence-corrected chi connectivity index (χ1v) is 10.1. The van der Waals surface area contributed by atoms with Gasteiger partial charge in [-0.05, 0) is 59.7 Å². The Morgan fingerprint density at radius 2 is 1.71 bits per heavy atom. The average Bonchev–Trinajstić information content (AvgIpc) is 2.67. The summed E-state index contributed by atoms with van der Waals surface area (Å²) in [7, 11) is -3.33. The van der Waals surface area contributed by atoms with E-state index in [-0.39, 0.29) is 10.5 Å². The molecule has 0 fully saturated rings. The number of hydrogen-bond donors (Lipinski definition) is 1. The van der Waals surface area contributed by atoms with Gasteiger partial charge in [-0.15, -0.1) is 0 Å². The molecular formula is C21H15FN2O3S. The molecule has 0 saturated carbocycles. The van der Waals surface area contributed by atoms with Crippen LogP contribution in [0.3, 0.4) is 0 Å². The van der Waals surface area contributed by atoms with Crippen molar-refractivity contribution in [3.05, 3.63) is 83.7 Å². The van der Waals surface area contributed by atoms with Crippen molar-refractivity contribution in [3.63, 3.8) is 0 Å². The molecule has 0 unspecified atom stereocenters. The molecule has 0 heterocycles. The first kappa shape index (κ1) is 19.3. The number of rotatable bonds is 4. The fourth-order valence-electron chi connectivity index (χ4n) is 2.65. The van der Waals surface area contributed by atoms with Crippen molar-refractivity contribution in [2.75, 3.05) is 11.6 Å². The number of halogens is 1. The molecule has 7 heteroatoms. The first-order chi connectivity index (χ1) is 13.3. The van der Waals surface area contributed by atoms with Crippen molar-refractivity contribution in [2.45, 2.75) is 4.90 Å². The standard InChI is InChI=1S/C21H15FN2O3S/c1-28(26,27)20-7-5-15(6-8-20)16-10-17(12-18(22)11-16)21(25)24-19-4-2-3-14(9-19)13-23/h2-12H,1H3,(H,24,25). The van der Waals surface area contributed by atoms with Crippen molar-refractivity contribution in [1.29, 1.82) is 5.26 Å². The Labute approximate surface area is 162 Å². The van der Waals surface area contributed by atoms with Crippen LogP contribution >= 0.6 is 0 Å². The Hall–Kier alpha value is -3.50. The van der Waals surface area contributed by atoms with Crippen LogP contribution in [0.25, 0.3) is 11.1 Å². The fourth-order valence-corrected chi connectivity index (χ4v) is 3.28. The SMILES string of the molecule is CS(=O)(=O)c1ccc(-c2cc(F)cc(C(=O)Nc3cccc(C#N)c3)c2)cc1. The summed E-state index contributed by atoms with van der Waals surface area (Å²) in [5, 5.41) is 11.6. The summed E-state index contributed by atoms with van der Waals surface area (Å²) in [6.07, 6.45) is 1.11. The minimum atomic E-state index is -3.33. The van der Waals surface area contributed by atoms with E-state index in [9.17, 15) is 17.6 Å². The summed E-state index contributed by atoms with van der Waals surface area (Å²) < 4.78 is 37.2. The van der Waals surface area contributed by atoms with Crippen LogP contribution in [0.15, 0.2) is 71.6 Å². The third-order valence-electron chi connectivity index (χ3n) is 4.03. The number of nitriles is 1. The third kappa shape index (κ3) is 4.42. The monoisotopic (exact) mass is 394 g/mol. The molecular weight excluding hydrogens is 379 g/mol. The molecule has 0 aliphatic carbocycles. The number of sulfone groups is 1. The average molecular weight is 394 g/mol. The number of anilines is 1. The smallest absolute Gasteiger partial charge is 0.255 e. The summed E-state index contributed by atoms with van der Waals surface area (Å²) >= 11 is 0. The van der Waals surface area contributed by atoms with Gasteiger partial charge in [0.15, 0.2) is 9.84 Å². The lowest BCUT2D eigenvalue weighted by Crippen LogP contribution is -2.12. The number of amides is 1. The highest BCUT2D eigenvalue weighted by molar-refractivity contribution is 7.90. The van der Waals surface area contributed by atoms with Gasteiger partial charge in [0.1, 0.15) is 5.82 Å². The molecule has 28 heavy (non-hydrogen) atoms. The van der Waals surface area contributed by atoms with Crippen molar-refractivity contribution in [1.82, 2.24) is 0 Å². The Kier molecular flexibility index (Phi) is 5.25. The zero-order valence-corrected chi connectivity index (χ0v) is 15.6. The minimum absolute atomic E-state index is 0.101. The highest BCUT2D eigenvalue weighted by atomic mass is 32.2. The lowest BCUT2D eigenvalue weighted by molar-refractivity contribution is 0.102. The van der Waals surface area contributed by atoms with Gasteiger partial charge in [-0.25, -0.2) is 12.8 Å². The van der Waals surface area contributed by atoms with E-state index >= 15 is 0 Å². The van der Waals surface area contributed by atoms with E-state index < -0.39 is 21.6 Å². The second kappa shape index (κ2) is 7.62. The van der Waals surface area contributed by atoms with E-state index in [1.165, 1.54) is 30.3 Å². The van der Waals surface area contributed by atoms with Crippen LogP contribution in [0.5, 0.6) is 0 Å². The summed E-state index contributed by atoms with van der Waals surface area (Å²) in [5.41, 5.74) is 1.93. The molecule has 0 aromatic heterocycles. The van der Waals surface area contributed by atoms with Crippen LogP contribution in [-0.2, 0) is 9.84 Å². The first-order valence-electron chi connectivity index (χ1n) is 8.19. The van der Waals surface area contributed by atoms with E-state index in [2.05, 4.69) is 5.32 Å². The molecule has 0 radical (unpaired) electrons. The number of carbonyl (C=O) groups excluding carboxylic acids is 1. The Bertz CT molecular complexity index is 1200. The summed E-state index contributed by atoms with van der Waals surface area (Å²) in [4.78, 5) is 12.7. The number of nitrogens with one attached hydrogen (secondary N) is 1. The van der Waals surface area contributed by atoms with E-state index in [4.69, 9.17) is 5.26 Å². The minimum Gasteiger partial charge on any atom is -0.322 e. The molecule has 0 spiro atoms. The maximum atomic E-state index is 14.1. The van der Waals surface area contributed by atoms with Gasteiger partial charge in [0.05, 0.1) is 16.5 Å². The van der Waals surface area contributed by atoms with Crippen LogP contribution in [0.2, 0.25) is 0 Å². The highest BCUT2D eigenvalue weighted by Gasteiger charge is 2.12. The predicted molar refractivity (Wildman–Crippen MR) is 104 cm³/mol. The second-order valence-electron chi connectivity index (χ2n) is 6.17. The van der Waals surface area contributed by atoms with Crippen molar-refractivity contribution >= 4 is 21.4 Å². The number of nitrogens with zero attached hydrogens (tertiary/aromatic N) is 1. The third-order valence-corrected chi connectivity index (χ3v) is 5.15. The van der Waals surface area contributed by atoms with Gasteiger partial charge in [-0.3, -0.25) is 4.79 Å². The maximum absolute atomic E-state index is 14.1. The Morgan fingerprint density at radius 3 is 2.36 bits per heavy atom. The van der Waals surface area contributed by atoms with Gasteiger partial charge in [0.25, 0.3) is 5.91 Å². The molecule has 1 N–H and O–H groups in total. The summed E-state index contributed by atoms with van der Waals surface area (Å²) in [6.45, 7) is 0. The van der Waals surface area contributed by atoms with Crippen LogP contribution in [0, 0.1) is 17.1 Å². The Morgan fingerprint density at radius 1 is 1.00 bits per heavy atom. The molecule has 5 nitrogen and oxygen atoms in total. The zero-order valence-electron chi connectivity index (χ0n) is 14.8. The highest BCUT2D eigenvalue weighted by Crippen LogP contribution is 2.24. The van der Waals surface area contributed by atoms with E-state index in [0.29, 0.717) is 22.4 Å². The topological polar surface area (TPSA) is 87.0 Å². The van der Waals surface area contributed by atoms with Crippen LogP contribution < -0.4 is 5.32 Å². The lowest BCUT2D eigenvalue weighted by atomic mass is 10.0. The van der Waals surface area contributed by atoms with Gasteiger partial charge in [0, 0.05) is 17.5 Å². The molecule has 0 aliphatic rings. The molecule has 3 aromatic carbocycles. The molecule has 0 aliphatic heterocycles. The van der Waals surface area contributed by atoms with Gasteiger partial charge < -0.3 is 5.32 Å². The molecule has 0 bridgehead atoms.